The molecule has 310 valence electrons. The number of nitrogens with zero attached hydrogens (tertiary/aromatic N) is 4. The van der Waals surface area contributed by atoms with Gasteiger partial charge in [0, 0.05) is 67.2 Å². The van der Waals surface area contributed by atoms with Gasteiger partial charge in [-0.1, -0.05) is 66.4 Å². The quantitative estimate of drug-likeness (QED) is 0.0732. The Morgan fingerprint density at radius 3 is 2.45 bits per heavy atom. The first-order valence-corrected chi connectivity index (χ1v) is 21.6. The summed E-state index contributed by atoms with van der Waals surface area (Å²) < 4.78 is 0. The number of nitrogen functional groups attached to an aromatic ring is 1. The third-order valence-electron chi connectivity index (χ3n) is 11.3. The van der Waals surface area contributed by atoms with Crippen molar-refractivity contribution in [2.45, 2.75) is 106 Å². The lowest BCUT2D eigenvalue weighted by Gasteiger charge is -2.42. The fourth-order valence-electron chi connectivity index (χ4n) is 7.83. The number of anilines is 3. The monoisotopic (exact) mass is 851 g/mol. The topological polar surface area (TPSA) is 206 Å². The highest BCUT2D eigenvalue weighted by Gasteiger charge is 2.40. The molecule has 5 amide bonds. The van der Waals surface area contributed by atoms with E-state index in [0.29, 0.717) is 70.1 Å². The number of amides is 5. The van der Waals surface area contributed by atoms with Gasteiger partial charge in [-0.3, -0.25) is 29.3 Å². The van der Waals surface area contributed by atoms with Gasteiger partial charge in [0.15, 0.2) is 5.82 Å². The van der Waals surface area contributed by atoms with Crippen LogP contribution >= 0.6 is 35.0 Å². The molecule has 1 atom stereocenters. The number of aromatic nitrogens is 2. The summed E-state index contributed by atoms with van der Waals surface area (Å²) in [4.78, 5) is 75.9. The first-order chi connectivity index (χ1) is 28.0. The third-order valence-corrected chi connectivity index (χ3v) is 13.3. The Kier molecular flexibility index (Phi) is 14.9. The summed E-state index contributed by atoms with van der Waals surface area (Å²) in [5.74, 6) is -0.125. The number of halogens is 2. The highest BCUT2D eigenvalue weighted by Crippen LogP contribution is 2.40. The minimum atomic E-state index is -0.715. The van der Waals surface area contributed by atoms with Crippen LogP contribution in [0.3, 0.4) is 0 Å². The molecule has 58 heavy (non-hydrogen) atoms. The van der Waals surface area contributed by atoms with Gasteiger partial charge in [0.25, 0.3) is 5.91 Å². The van der Waals surface area contributed by atoms with Crippen LogP contribution in [0.15, 0.2) is 52.5 Å². The number of benzene rings is 2. The van der Waals surface area contributed by atoms with E-state index in [0.717, 1.165) is 75.2 Å². The van der Waals surface area contributed by atoms with Gasteiger partial charge in [-0.2, -0.15) is 0 Å². The fourth-order valence-corrected chi connectivity index (χ4v) is 9.11. The lowest BCUT2D eigenvalue weighted by Crippen LogP contribution is -2.52. The second-order valence-electron chi connectivity index (χ2n) is 15.3. The second-order valence-corrected chi connectivity index (χ2v) is 17.1. The largest absolute Gasteiger partial charge is 0.381 e. The van der Waals surface area contributed by atoms with Gasteiger partial charge in [0.2, 0.25) is 23.6 Å². The van der Waals surface area contributed by atoms with Crippen molar-refractivity contribution in [2.75, 3.05) is 42.1 Å². The summed E-state index contributed by atoms with van der Waals surface area (Å²) in [6, 6.07) is 9.86. The molecule has 1 aromatic heterocycles. The summed E-state index contributed by atoms with van der Waals surface area (Å²) in [7, 11) is 0. The van der Waals surface area contributed by atoms with Gasteiger partial charge in [-0.25, -0.2) is 9.97 Å². The number of hydrogen-bond acceptors (Lipinski definition) is 11. The second kappa shape index (κ2) is 20.0. The molecule has 0 aliphatic carbocycles. The molecule has 2 saturated heterocycles. The van der Waals surface area contributed by atoms with Crippen molar-refractivity contribution in [3.63, 3.8) is 0 Å². The van der Waals surface area contributed by atoms with Crippen LogP contribution in [-0.4, -0.2) is 76.6 Å². The Balaban J connectivity index is 0.820. The molecule has 0 saturated carbocycles. The first kappa shape index (κ1) is 43.1. The molecule has 17 heteroatoms. The summed E-state index contributed by atoms with van der Waals surface area (Å²) in [5.41, 5.74) is 14.4. The summed E-state index contributed by atoms with van der Waals surface area (Å²) >= 11 is 13.8. The van der Waals surface area contributed by atoms with Crippen molar-refractivity contribution in [1.82, 2.24) is 25.5 Å². The molecule has 6 rings (SSSR count). The van der Waals surface area contributed by atoms with Gasteiger partial charge < -0.3 is 31.9 Å². The Morgan fingerprint density at radius 1 is 0.966 bits per heavy atom. The predicted octanol–water partition coefficient (Wildman–Crippen LogP) is 6.09. The average molecular weight is 853 g/mol. The van der Waals surface area contributed by atoms with E-state index < -0.39 is 11.9 Å². The number of nitrogens with two attached hydrogens (primary N) is 2. The minimum Gasteiger partial charge on any atom is -0.381 e. The Morgan fingerprint density at radius 2 is 1.71 bits per heavy atom. The normalized spacial score (nSPS) is 17.6. The van der Waals surface area contributed by atoms with Crippen LogP contribution in [0.2, 0.25) is 10.0 Å². The molecular formula is C41H51Cl2N9O5S. The molecule has 14 nitrogen and oxygen atoms in total. The molecule has 1 unspecified atom stereocenters. The maximum Gasteiger partial charge on any atom is 0.255 e. The first-order valence-electron chi connectivity index (χ1n) is 20.0. The van der Waals surface area contributed by atoms with Gasteiger partial charge >= 0.3 is 0 Å². The lowest BCUT2D eigenvalue weighted by molar-refractivity contribution is -0.137. The number of carbonyl (C=O) groups excluding carboxylic acids is 5. The van der Waals surface area contributed by atoms with Crippen molar-refractivity contribution < 1.29 is 24.0 Å². The highest BCUT2D eigenvalue weighted by atomic mass is 35.5. The zero-order valence-corrected chi connectivity index (χ0v) is 34.8. The number of hydrogen-bond donors (Lipinski definition) is 5. The number of piperidine rings is 2. The summed E-state index contributed by atoms with van der Waals surface area (Å²) in [5, 5.41) is 9.74. The van der Waals surface area contributed by atoms with Crippen molar-refractivity contribution in [3.05, 3.63) is 63.8 Å². The standard InChI is InChI=1S/C41H51Cl2N9O5S/c42-28-10-8-12-31(36(28)43)58-39-37(45)49-32(23-47-39)51-21-18-41(25-44,19-22-51)17-5-1-3-13-33(53)46-20-6-2-4-14-34(54)48-29-11-7-9-26-27(29)24-52(40(26)57)30-15-16-35(55)50-38(30)56/h7-12,23,30H,1-6,13-22,24-25,44H2,(H2,45,49)(H,46,53)(H,48,54)(H,50,55,56). The van der Waals surface area contributed by atoms with Gasteiger partial charge in [-0.05, 0) is 81.2 Å². The number of rotatable bonds is 18. The van der Waals surface area contributed by atoms with E-state index in [-0.39, 0.29) is 48.4 Å². The molecule has 3 aliphatic heterocycles. The zero-order valence-electron chi connectivity index (χ0n) is 32.5. The number of nitrogens with one attached hydrogen (secondary N) is 3. The van der Waals surface area contributed by atoms with Crippen molar-refractivity contribution in [3.8, 4) is 0 Å². The van der Waals surface area contributed by atoms with E-state index in [1.165, 1.54) is 16.7 Å². The van der Waals surface area contributed by atoms with Gasteiger partial charge in [0.1, 0.15) is 16.9 Å². The minimum absolute atomic E-state index is 0.0406. The highest BCUT2D eigenvalue weighted by molar-refractivity contribution is 7.99. The molecule has 2 aromatic carbocycles. The Bertz CT molecular complexity index is 2010. The SMILES string of the molecule is NCC1(CCCCCC(=O)NCCCCCC(=O)Nc2cccc3c2CN(C2CCC(=O)NC2=O)C3=O)CCN(c2cnc(Sc3cccc(Cl)c3Cl)c(N)n2)CC1. The Labute approximate surface area is 352 Å². The van der Waals surface area contributed by atoms with Crippen LogP contribution in [0.25, 0.3) is 0 Å². The lowest BCUT2D eigenvalue weighted by atomic mass is 9.74. The van der Waals surface area contributed by atoms with Gasteiger partial charge in [0.05, 0.1) is 16.2 Å². The average Bonchev–Trinajstić information content (AvgIpc) is 3.55. The van der Waals surface area contributed by atoms with Gasteiger partial charge in [-0.15, -0.1) is 0 Å². The fraction of sp³-hybridized carbons (Fsp3) is 0.488. The molecule has 4 heterocycles. The van der Waals surface area contributed by atoms with Crippen LogP contribution in [0.4, 0.5) is 17.3 Å². The molecular weight excluding hydrogens is 801 g/mol. The molecule has 0 bridgehead atoms. The van der Waals surface area contributed by atoms with E-state index in [4.69, 9.17) is 34.7 Å². The third kappa shape index (κ3) is 10.8. The van der Waals surface area contributed by atoms with E-state index in [2.05, 4.69) is 30.8 Å². The maximum atomic E-state index is 13.1. The van der Waals surface area contributed by atoms with Crippen LogP contribution in [0.1, 0.15) is 99.4 Å². The van der Waals surface area contributed by atoms with E-state index in [1.807, 2.05) is 12.1 Å². The van der Waals surface area contributed by atoms with Crippen molar-refractivity contribution >= 4 is 81.8 Å². The maximum absolute atomic E-state index is 13.1. The van der Waals surface area contributed by atoms with Crippen LogP contribution in [-0.2, 0) is 25.7 Å². The van der Waals surface area contributed by atoms with E-state index >= 15 is 0 Å². The van der Waals surface area contributed by atoms with E-state index in [9.17, 15) is 24.0 Å². The van der Waals surface area contributed by atoms with Crippen LogP contribution in [0.5, 0.6) is 0 Å². The zero-order chi connectivity index (χ0) is 41.2. The van der Waals surface area contributed by atoms with Crippen molar-refractivity contribution in [2.24, 2.45) is 11.1 Å². The smallest absolute Gasteiger partial charge is 0.255 e. The molecule has 3 aromatic rings. The molecule has 7 N–H and O–H groups in total. The number of unbranched alkanes of at least 4 members (excludes halogenated alkanes) is 4. The van der Waals surface area contributed by atoms with E-state index in [1.54, 1.807) is 30.5 Å². The molecule has 3 aliphatic rings. The van der Waals surface area contributed by atoms with Crippen molar-refractivity contribution in [1.29, 1.82) is 0 Å². The summed E-state index contributed by atoms with van der Waals surface area (Å²) in [6.07, 6.45) is 10.9. The number of imide groups is 1. The number of fused-ring (bicyclic) bond motifs is 1. The molecule has 0 radical (unpaired) electrons. The molecule has 0 spiro atoms. The van der Waals surface area contributed by atoms with Crippen LogP contribution < -0.4 is 32.3 Å². The predicted molar refractivity (Wildman–Crippen MR) is 226 cm³/mol. The van der Waals surface area contributed by atoms with Crippen LogP contribution in [0, 0.1) is 5.41 Å². The Hall–Kier alpha value is -4.44. The summed E-state index contributed by atoms with van der Waals surface area (Å²) in [6.45, 7) is 3.00. The number of carbonyl (C=O) groups is 5. The molecule has 2 fully saturated rings.